The van der Waals surface area contributed by atoms with E-state index in [0.717, 1.165) is 5.57 Å². The molecule has 0 aliphatic rings. The highest BCUT2D eigenvalue weighted by molar-refractivity contribution is 5.83. The fourth-order valence-corrected chi connectivity index (χ4v) is 0.735. The van der Waals surface area contributed by atoms with Gasteiger partial charge in [0, 0.05) is 6.08 Å². The Bertz CT molecular complexity index is 272. The molecule has 0 fully saturated rings. The van der Waals surface area contributed by atoms with Crippen LogP contribution in [0.3, 0.4) is 0 Å². The highest BCUT2D eigenvalue weighted by Crippen LogP contribution is 1.96. The summed E-state index contributed by atoms with van der Waals surface area (Å²) < 4.78 is 4.72. The van der Waals surface area contributed by atoms with Gasteiger partial charge in [-0.05, 0) is 25.5 Å². The second-order valence-electron chi connectivity index (χ2n) is 2.52. The lowest BCUT2D eigenvalue weighted by Crippen LogP contribution is -1.99. The fourth-order valence-electron chi connectivity index (χ4n) is 0.735. The molecule has 0 aliphatic carbocycles. The molecule has 0 saturated heterocycles. The van der Waals surface area contributed by atoms with E-state index in [2.05, 4.69) is 0 Å². The van der Waals surface area contributed by atoms with Crippen molar-refractivity contribution in [3.05, 3.63) is 36.0 Å². The number of hydrogen-bond donors (Lipinski definition) is 0. The van der Waals surface area contributed by atoms with E-state index in [1.54, 1.807) is 32.1 Å². The van der Waals surface area contributed by atoms with E-state index in [9.17, 15) is 9.59 Å². The molecule has 3 heteroatoms. The highest BCUT2D eigenvalue weighted by atomic mass is 16.5. The van der Waals surface area contributed by atoms with E-state index < -0.39 is 0 Å². The molecule has 0 aromatic rings. The molecule has 0 N–H and O–H groups in total. The number of hydrogen-bond acceptors (Lipinski definition) is 3. The summed E-state index contributed by atoms with van der Waals surface area (Å²) in [6.07, 6.45) is 8.45. The van der Waals surface area contributed by atoms with Crippen LogP contribution in [0, 0.1) is 0 Å². The van der Waals surface area contributed by atoms with Crippen molar-refractivity contribution in [2.45, 2.75) is 13.8 Å². The molecule has 0 aromatic carbocycles. The normalized spacial score (nSPS) is 12.3. The zero-order valence-corrected chi connectivity index (χ0v) is 8.40. The number of carbonyl (C=O) groups is 2. The summed E-state index contributed by atoms with van der Waals surface area (Å²) in [7, 11) is 0. The van der Waals surface area contributed by atoms with Crippen LogP contribution in [0.1, 0.15) is 13.8 Å². The average molecular weight is 194 g/mol. The van der Waals surface area contributed by atoms with E-state index in [-0.39, 0.29) is 5.97 Å². The number of carbonyl (C=O) groups excluding carboxylic acids is 2. The Morgan fingerprint density at radius 1 is 1.29 bits per heavy atom. The third-order valence-corrected chi connectivity index (χ3v) is 1.29. The monoisotopic (exact) mass is 194 g/mol. The quantitative estimate of drug-likeness (QED) is 0.290. The van der Waals surface area contributed by atoms with Crippen LogP contribution < -0.4 is 0 Å². The van der Waals surface area contributed by atoms with Gasteiger partial charge in [-0.1, -0.05) is 18.2 Å². The van der Waals surface area contributed by atoms with Gasteiger partial charge in [0.1, 0.15) is 6.29 Å². The maximum Gasteiger partial charge on any atom is 0.330 e. The third kappa shape index (κ3) is 7.03. The summed E-state index contributed by atoms with van der Waals surface area (Å²) >= 11 is 0. The second-order valence-corrected chi connectivity index (χ2v) is 2.52. The summed E-state index contributed by atoms with van der Waals surface area (Å²) in [6.45, 7) is 3.91. The molecular formula is C11H14O3. The minimum absolute atomic E-state index is 0.353. The van der Waals surface area contributed by atoms with Gasteiger partial charge in [-0.3, -0.25) is 4.79 Å². The lowest BCUT2D eigenvalue weighted by atomic mass is 10.2. The lowest BCUT2D eigenvalue weighted by molar-refractivity contribution is -0.137. The molecule has 3 nitrogen and oxygen atoms in total. The lowest BCUT2D eigenvalue weighted by Gasteiger charge is -1.95. The number of rotatable bonds is 5. The van der Waals surface area contributed by atoms with Crippen LogP contribution in [-0.4, -0.2) is 18.9 Å². The van der Waals surface area contributed by atoms with Crippen LogP contribution >= 0.6 is 0 Å². The molecule has 0 heterocycles. The Kier molecular flexibility index (Phi) is 7.05. The van der Waals surface area contributed by atoms with E-state index in [1.807, 2.05) is 0 Å². The van der Waals surface area contributed by atoms with Crippen LogP contribution in [-0.2, 0) is 14.3 Å². The first-order valence-electron chi connectivity index (χ1n) is 4.34. The van der Waals surface area contributed by atoms with Gasteiger partial charge in [0.25, 0.3) is 0 Å². The predicted molar refractivity (Wildman–Crippen MR) is 54.7 cm³/mol. The third-order valence-electron chi connectivity index (χ3n) is 1.29. The van der Waals surface area contributed by atoms with Crippen molar-refractivity contribution in [3.63, 3.8) is 0 Å². The van der Waals surface area contributed by atoms with Gasteiger partial charge < -0.3 is 4.74 Å². The number of esters is 1. The smallest absolute Gasteiger partial charge is 0.330 e. The maximum absolute atomic E-state index is 10.9. The number of ether oxygens (including phenoxy) is 1. The summed E-state index contributed by atoms with van der Waals surface area (Å²) in [6, 6.07) is 0. The van der Waals surface area contributed by atoms with E-state index in [4.69, 9.17) is 4.74 Å². The fraction of sp³-hybridized carbons (Fsp3) is 0.273. The molecule has 0 aliphatic heterocycles. The second kappa shape index (κ2) is 7.98. The molecule has 0 spiro atoms. The van der Waals surface area contributed by atoms with E-state index in [0.29, 0.717) is 12.9 Å². The molecule has 14 heavy (non-hydrogen) atoms. The van der Waals surface area contributed by atoms with Gasteiger partial charge in [-0.15, -0.1) is 0 Å². The van der Waals surface area contributed by atoms with Crippen LogP contribution in [0.2, 0.25) is 0 Å². The highest BCUT2D eigenvalue weighted by Gasteiger charge is 1.94. The largest absolute Gasteiger partial charge is 0.463 e. The molecule has 0 radical (unpaired) electrons. The first-order chi connectivity index (χ1) is 6.70. The van der Waals surface area contributed by atoms with Crippen molar-refractivity contribution < 1.29 is 14.3 Å². The summed E-state index contributed by atoms with van der Waals surface area (Å²) in [5.74, 6) is -0.353. The summed E-state index contributed by atoms with van der Waals surface area (Å²) in [5, 5.41) is 0. The molecule has 0 unspecified atom stereocenters. The van der Waals surface area contributed by atoms with Gasteiger partial charge in [0.05, 0.1) is 6.61 Å². The Labute approximate surface area is 83.8 Å². The predicted octanol–water partition coefficient (Wildman–Crippen LogP) is 1.81. The summed E-state index contributed by atoms with van der Waals surface area (Å²) in [4.78, 5) is 20.8. The van der Waals surface area contributed by atoms with Gasteiger partial charge in [0.2, 0.25) is 0 Å². The summed E-state index contributed by atoms with van der Waals surface area (Å²) in [5.41, 5.74) is 0.777. The first-order valence-corrected chi connectivity index (χ1v) is 4.34. The van der Waals surface area contributed by atoms with E-state index in [1.165, 1.54) is 12.2 Å². The van der Waals surface area contributed by atoms with Crippen molar-refractivity contribution in [2.24, 2.45) is 0 Å². The van der Waals surface area contributed by atoms with Crippen LogP contribution in [0.15, 0.2) is 36.0 Å². The van der Waals surface area contributed by atoms with Crippen molar-refractivity contribution in [1.82, 2.24) is 0 Å². The van der Waals surface area contributed by atoms with Crippen molar-refractivity contribution >= 4 is 12.3 Å². The Morgan fingerprint density at radius 3 is 2.57 bits per heavy atom. The van der Waals surface area contributed by atoms with Crippen LogP contribution in [0.25, 0.3) is 0 Å². The van der Waals surface area contributed by atoms with Gasteiger partial charge in [-0.25, -0.2) is 4.79 Å². The van der Waals surface area contributed by atoms with Crippen molar-refractivity contribution in [1.29, 1.82) is 0 Å². The standard InChI is InChI=1S/C11H14O3/c1-3-14-11(13)9-10(2)7-5-4-6-8-12/h4-9H,3H2,1-2H3. The zero-order chi connectivity index (χ0) is 10.8. The van der Waals surface area contributed by atoms with Crippen molar-refractivity contribution in [2.75, 3.05) is 6.61 Å². The van der Waals surface area contributed by atoms with Gasteiger partial charge in [-0.2, -0.15) is 0 Å². The minimum atomic E-state index is -0.353. The van der Waals surface area contributed by atoms with Crippen molar-refractivity contribution in [3.8, 4) is 0 Å². The molecule has 0 rings (SSSR count). The molecule has 0 bridgehead atoms. The molecular weight excluding hydrogens is 180 g/mol. The molecule has 0 atom stereocenters. The van der Waals surface area contributed by atoms with E-state index >= 15 is 0 Å². The van der Waals surface area contributed by atoms with Gasteiger partial charge >= 0.3 is 5.97 Å². The number of allylic oxidation sites excluding steroid dienone is 5. The molecule has 0 saturated carbocycles. The Hall–Kier alpha value is -1.64. The topological polar surface area (TPSA) is 43.4 Å². The number of aldehydes is 1. The minimum Gasteiger partial charge on any atom is -0.463 e. The Morgan fingerprint density at radius 2 is 2.00 bits per heavy atom. The molecule has 0 amide bonds. The van der Waals surface area contributed by atoms with Gasteiger partial charge in [0.15, 0.2) is 0 Å². The Balaban J connectivity index is 4.11. The van der Waals surface area contributed by atoms with Crippen LogP contribution in [0.4, 0.5) is 0 Å². The maximum atomic E-state index is 10.9. The molecule has 76 valence electrons. The molecule has 0 aromatic heterocycles. The van der Waals surface area contributed by atoms with Crippen LogP contribution in [0.5, 0.6) is 0 Å². The first kappa shape index (κ1) is 12.4. The zero-order valence-electron chi connectivity index (χ0n) is 8.40. The SMILES string of the molecule is CCOC(=O)C=C(C)C=CC=CC=O. The average Bonchev–Trinajstić information content (AvgIpc) is 2.13.